The lowest BCUT2D eigenvalue weighted by Crippen LogP contribution is -2.46. The minimum atomic E-state index is -0.0356. The molecule has 0 spiro atoms. The molecule has 88 valence electrons. The fourth-order valence-corrected chi connectivity index (χ4v) is 3.00. The van der Waals surface area contributed by atoms with Gasteiger partial charge in [0, 0.05) is 13.2 Å². The van der Waals surface area contributed by atoms with Gasteiger partial charge in [-0.1, -0.05) is 0 Å². The Labute approximate surface area is 96.2 Å². The Bertz CT molecular complexity index is 368. The van der Waals surface area contributed by atoms with E-state index in [1.165, 1.54) is 18.4 Å². The molecule has 0 aromatic carbocycles. The highest BCUT2D eigenvalue weighted by atomic mass is 16.5. The first kappa shape index (κ1) is 10.4. The molecule has 2 atom stereocenters. The molecule has 0 radical (unpaired) electrons. The van der Waals surface area contributed by atoms with Crippen LogP contribution in [-0.4, -0.2) is 19.3 Å². The first-order chi connectivity index (χ1) is 7.78. The fraction of sp³-hybridized carbons (Fsp3) is 0.692. The number of ether oxygens (including phenoxy) is 1. The van der Waals surface area contributed by atoms with Crippen LogP contribution < -0.4 is 5.32 Å². The van der Waals surface area contributed by atoms with E-state index in [2.05, 4.69) is 18.3 Å². The van der Waals surface area contributed by atoms with Gasteiger partial charge in [-0.2, -0.15) is 0 Å². The van der Waals surface area contributed by atoms with Crippen molar-refractivity contribution in [3.63, 3.8) is 0 Å². The second-order valence-electron chi connectivity index (χ2n) is 5.12. The van der Waals surface area contributed by atoms with Crippen LogP contribution in [0.1, 0.15) is 37.5 Å². The average molecular weight is 221 g/mol. The Kier molecular flexibility index (Phi) is 2.52. The Balaban J connectivity index is 1.82. The SMILES string of the molecule is CC1(CC2CCCO2)NCCc2ccoc21. The molecule has 1 fully saturated rings. The summed E-state index contributed by atoms with van der Waals surface area (Å²) in [5.74, 6) is 1.12. The zero-order valence-electron chi connectivity index (χ0n) is 9.79. The van der Waals surface area contributed by atoms with Gasteiger partial charge in [0.05, 0.1) is 17.9 Å². The van der Waals surface area contributed by atoms with Crippen molar-refractivity contribution in [2.24, 2.45) is 0 Å². The van der Waals surface area contributed by atoms with E-state index in [0.29, 0.717) is 6.10 Å². The van der Waals surface area contributed by atoms with Crippen LogP contribution in [0.15, 0.2) is 16.7 Å². The third-order valence-electron chi connectivity index (χ3n) is 3.82. The molecule has 3 rings (SSSR count). The van der Waals surface area contributed by atoms with Crippen molar-refractivity contribution >= 4 is 0 Å². The zero-order chi connectivity index (χ0) is 11.0. The molecular weight excluding hydrogens is 202 g/mol. The number of fused-ring (bicyclic) bond motifs is 1. The predicted molar refractivity (Wildman–Crippen MR) is 61.4 cm³/mol. The van der Waals surface area contributed by atoms with Gasteiger partial charge in [0.15, 0.2) is 0 Å². The van der Waals surface area contributed by atoms with Gasteiger partial charge in [-0.15, -0.1) is 0 Å². The van der Waals surface area contributed by atoms with Gasteiger partial charge in [0.25, 0.3) is 0 Å². The summed E-state index contributed by atoms with van der Waals surface area (Å²) < 4.78 is 11.4. The third-order valence-corrected chi connectivity index (χ3v) is 3.82. The molecule has 16 heavy (non-hydrogen) atoms. The Morgan fingerprint density at radius 2 is 2.50 bits per heavy atom. The lowest BCUT2D eigenvalue weighted by Gasteiger charge is -2.35. The molecule has 1 saturated heterocycles. The average Bonchev–Trinajstić information content (AvgIpc) is 2.88. The summed E-state index contributed by atoms with van der Waals surface area (Å²) in [6.07, 6.45) is 6.69. The molecular formula is C13H19NO2. The molecule has 0 aliphatic carbocycles. The normalized spacial score (nSPS) is 33.9. The summed E-state index contributed by atoms with van der Waals surface area (Å²) >= 11 is 0. The Hall–Kier alpha value is -0.800. The Morgan fingerprint density at radius 1 is 1.56 bits per heavy atom. The quantitative estimate of drug-likeness (QED) is 0.831. The largest absolute Gasteiger partial charge is 0.467 e. The van der Waals surface area contributed by atoms with E-state index in [9.17, 15) is 0 Å². The molecule has 3 nitrogen and oxygen atoms in total. The maximum atomic E-state index is 5.73. The second kappa shape index (κ2) is 3.90. The highest BCUT2D eigenvalue weighted by molar-refractivity contribution is 5.27. The van der Waals surface area contributed by atoms with Gasteiger partial charge in [0.1, 0.15) is 5.76 Å². The first-order valence-electron chi connectivity index (χ1n) is 6.21. The summed E-state index contributed by atoms with van der Waals surface area (Å²) in [4.78, 5) is 0. The van der Waals surface area contributed by atoms with Gasteiger partial charge in [-0.3, -0.25) is 0 Å². The van der Waals surface area contributed by atoms with Crippen LogP contribution in [0.4, 0.5) is 0 Å². The van der Waals surface area contributed by atoms with E-state index in [4.69, 9.17) is 9.15 Å². The van der Waals surface area contributed by atoms with Crippen LogP contribution >= 0.6 is 0 Å². The fourth-order valence-electron chi connectivity index (χ4n) is 3.00. The lowest BCUT2D eigenvalue weighted by atomic mass is 9.85. The molecule has 3 heterocycles. The van der Waals surface area contributed by atoms with Crippen LogP contribution in [0.2, 0.25) is 0 Å². The molecule has 0 saturated carbocycles. The smallest absolute Gasteiger partial charge is 0.126 e. The van der Waals surface area contributed by atoms with Crippen molar-refractivity contribution in [2.45, 2.75) is 44.2 Å². The van der Waals surface area contributed by atoms with Gasteiger partial charge >= 0.3 is 0 Å². The summed E-state index contributed by atoms with van der Waals surface area (Å²) in [6.45, 7) is 4.19. The molecule has 0 amide bonds. The van der Waals surface area contributed by atoms with Crippen molar-refractivity contribution < 1.29 is 9.15 Å². The van der Waals surface area contributed by atoms with Gasteiger partial charge in [-0.05, 0) is 44.2 Å². The predicted octanol–water partition coefficient (Wildman–Crippen LogP) is 2.21. The van der Waals surface area contributed by atoms with Gasteiger partial charge < -0.3 is 14.5 Å². The molecule has 0 bridgehead atoms. The van der Waals surface area contributed by atoms with Crippen molar-refractivity contribution in [3.8, 4) is 0 Å². The van der Waals surface area contributed by atoms with E-state index < -0.39 is 0 Å². The number of furan rings is 1. The van der Waals surface area contributed by atoms with Gasteiger partial charge in [0.2, 0.25) is 0 Å². The standard InChI is InChI=1S/C13H19NO2/c1-13(9-11-3-2-7-15-11)12-10(4-6-14-13)5-8-16-12/h5,8,11,14H,2-4,6-7,9H2,1H3. The Morgan fingerprint density at radius 3 is 3.31 bits per heavy atom. The van der Waals surface area contributed by atoms with Crippen LogP contribution in [0, 0.1) is 0 Å². The van der Waals surface area contributed by atoms with Crippen LogP contribution in [-0.2, 0) is 16.7 Å². The first-order valence-corrected chi connectivity index (χ1v) is 6.21. The topological polar surface area (TPSA) is 34.4 Å². The highest BCUT2D eigenvalue weighted by Gasteiger charge is 2.37. The molecule has 1 aromatic rings. The van der Waals surface area contributed by atoms with Crippen molar-refractivity contribution in [1.29, 1.82) is 0 Å². The molecule has 2 aliphatic rings. The monoisotopic (exact) mass is 221 g/mol. The van der Waals surface area contributed by atoms with E-state index in [0.717, 1.165) is 31.8 Å². The summed E-state index contributed by atoms with van der Waals surface area (Å²) in [7, 11) is 0. The molecule has 2 aliphatic heterocycles. The molecule has 1 aromatic heterocycles. The molecule has 2 unspecified atom stereocenters. The van der Waals surface area contributed by atoms with E-state index in [1.807, 2.05) is 6.26 Å². The zero-order valence-corrected chi connectivity index (χ0v) is 9.79. The molecule has 3 heteroatoms. The van der Waals surface area contributed by atoms with Crippen LogP contribution in [0.25, 0.3) is 0 Å². The minimum Gasteiger partial charge on any atom is -0.467 e. The number of nitrogens with one attached hydrogen (secondary N) is 1. The minimum absolute atomic E-state index is 0.0356. The number of hydrogen-bond donors (Lipinski definition) is 1. The van der Waals surface area contributed by atoms with E-state index >= 15 is 0 Å². The van der Waals surface area contributed by atoms with Crippen LogP contribution in [0.3, 0.4) is 0 Å². The van der Waals surface area contributed by atoms with Gasteiger partial charge in [-0.25, -0.2) is 0 Å². The number of hydrogen-bond acceptors (Lipinski definition) is 3. The highest BCUT2D eigenvalue weighted by Crippen LogP contribution is 2.35. The maximum Gasteiger partial charge on any atom is 0.126 e. The summed E-state index contributed by atoms with van der Waals surface area (Å²) in [5.41, 5.74) is 1.32. The van der Waals surface area contributed by atoms with E-state index in [-0.39, 0.29) is 5.54 Å². The van der Waals surface area contributed by atoms with E-state index in [1.54, 1.807) is 0 Å². The second-order valence-corrected chi connectivity index (χ2v) is 5.12. The van der Waals surface area contributed by atoms with Crippen molar-refractivity contribution in [2.75, 3.05) is 13.2 Å². The third kappa shape index (κ3) is 1.68. The summed E-state index contributed by atoms with van der Waals surface area (Å²) in [5, 5.41) is 3.59. The lowest BCUT2D eigenvalue weighted by molar-refractivity contribution is 0.0701. The molecule has 1 N–H and O–H groups in total. The van der Waals surface area contributed by atoms with Crippen molar-refractivity contribution in [3.05, 3.63) is 23.7 Å². The van der Waals surface area contributed by atoms with Crippen molar-refractivity contribution in [1.82, 2.24) is 5.32 Å². The van der Waals surface area contributed by atoms with Crippen LogP contribution in [0.5, 0.6) is 0 Å². The number of rotatable bonds is 2. The maximum absolute atomic E-state index is 5.73. The summed E-state index contributed by atoms with van der Waals surface area (Å²) in [6, 6.07) is 2.10.